The number of thioether (sulfide) groups is 1. The normalized spacial score (nSPS) is 16.9. The number of hydrogen-bond donors (Lipinski definition) is 0. The maximum atomic E-state index is 12.1. The van der Waals surface area contributed by atoms with Crippen molar-refractivity contribution in [1.29, 1.82) is 0 Å². The molecule has 1 aliphatic rings. The van der Waals surface area contributed by atoms with Crippen LogP contribution in [0.2, 0.25) is 0 Å². The fraction of sp³-hybridized carbons (Fsp3) is 0.867. The zero-order chi connectivity index (χ0) is 16.3. The number of hydrogen-bond acceptors (Lipinski definition) is 4. The molecular weight excluding hydrogens is 288 g/mol. The van der Waals surface area contributed by atoms with Crippen LogP contribution >= 0.6 is 11.8 Å². The van der Waals surface area contributed by atoms with E-state index in [0.29, 0.717) is 31.9 Å². The standard InChI is InChI=1S/C15H28N2O3S/c1-14(2,3)20-13(19)17-9-7-16(8-10-17)12(18)11-21-15(4,5)6/h7-11H2,1-6H3. The number of rotatable bonds is 2. The Morgan fingerprint density at radius 2 is 1.43 bits per heavy atom. The van der Waals surface area contributed by atoms with Crippen LogP contribution < -0.4 is 0 Å². The van der Waals surface area contributed by atoms with Crippen LogP contribution in [0.25, 0.3) is 0 Å². The molecular formula is C15H28N2O3S. The molecule has 0 aromatic rings. The van der Waals surface area contributed by atoms with Gasteiger partial charge >= 0.3 is 6.09 Å². The van der Waals surface area contributed by atoms with E-state index in [0.717, 1.165) is 0 Å². The van der Waals surface area contributed by atoms with Crippen LogP contribution in [0.4, 0.5) is 4.79 Å². The second-order valence-corrected chi connectivity index (χ2v) is 9.05. The maximum absolute atomic E-state index is 12.1. The van der Waals surface area contributed by atoms with Gasteiger partial charge in [-0.3, -0.25) is 4.79 Å². The highest BCUT2D eigenvalue weighted by molar-refractivity contribution is 8.01. The van der Waals surface area contributed by atoms with E-state index in [1.54, 1.807) is 16.7 Å². The molecule has 0 aromatic heterocycles. The predicted molar refractivity (Wildman–Crippen MR) is 86.6 cm³/mol. The zero-order valence-corrected chi connectivity index (χ0v) is 14.9. The Labute approximate surface area is 132 Å². The van der Waals surface area contributed by atoms with Crippen molar-refractivity contribution in [3.63, 3.8) is 0 Å². The monoisotopic (exact) mass is 316 g/mol. The first-order chi connectivity index (χ1) is 9.48. The summed E-state index contributed by atoms with van der Waals surface area (Å²) in [6.07, 6.45) is -0.293. The molecule has 0 bridgehead atoms. The Balaban J connectivity index is 2.38. The fourth-order valence-electron chi connectivity index (χ4n) is 1.83. The van der Waals surface area contributed by atoms with Crippen molar-refractivity contribution >= 4 is 23.8 Å². The van der Waals surface area contributed by atoms with E-state index in [4.69, 9.17) is 4.74 Å². The highest BCUT2D eigenvalue weighted by atomic mass is 32.2. The summed E-state index contributed by atoms with van der Waals surface area (Å²) in [6.45, 7) is 14.1. The van der Waals surface area contributed by atoms with Gasteiger partial charge in [-0.2, -0.15) is 0 Å². The van der Waals surface area contributed by atoms with Crippen molar-refractivity contribution in [2.45, 2.75) is 51.9 Å². The van der Waals surface area contributed by atoms with E-state index in [2.05, 4.69) is 20.8 Å². The van der Waals surface area contributed by atoms with Crippen molar-refractivity contribution in [3.8, 4) is 0 Å². The summed E-state index contributed by atoms with van der Waals surface area (Å²) in [5.41, 5.74) is -0.479. The smallest absolute Gasteiger partial charge is 0.410 e. The molecule has 1 rings (SSSR count). The molecule has 0 aliphatic carbocycles. The Morgan fingerprint density at radius 3 is 1.86 bits per heavy atom. The van der Waals surface area contributed by atoms with E-state index < -0.39 is 5.60 Å². The predicted octanol–water partition coefficient (Wildman–Crippen LogP) is 2.60. The van der Waals surface area contributed by atoms with Gasteiger partial charge < -0.3 is 14.5 Å². The fourth-order valence-corrected chi connectivity index (χ4v) is 2.57. The Bertz CT molecular complexity index is 377. The molecule has 1 saturated heterocycles. The van der Waals surface area contributed by atoms with Crippen molar-refractivity contribution < 1.29 is 14.3 Å². The molecule has 2 amide bonds. The van der Waals surface area contributed by atoms with Gasteiger partial charge in [-0.05, 0) is 20.8 Å². The Morgan fingerprint density at radius 1 is 0.952 bits per heavy atom. The Kier molecular flexibility index (Phi) is 5.96. The maximum Gasteiger partial charge on any atom is 0.410 e. The summed E-state index contributed by atoms with van der Waals surface area (Å²) < 4.78 is 5.44. The van der Waals surface area contributed by atoms with Crippen LogP contribution in [0.15, 0.2) is 0 Å². The number of piperazine rings is 1. The molecule has 0 spiro atoms. The molecule has 0 atom stereocenters. The first-order valence-electron chi connectivity index (χ1n) is 7.37. The highest BCUT2D eigenvalue weighted by Crippen LogP contribution is 2.23. The minimum absolute atomic E-state index is 0.0913. The van der Waals surface area contributed by atoms with Gasteiger partial charge in [0.25, 0.3) is 0 Å². The molecule has 1 heterocycles. The van der Waals surface area contributed by atoms with Crippen molar-refractivity contribution in [2.75, 3.05) is 31.9 Å². The molecule has 0 aromatic carbocycles. The minimum atomic E-state index is -0.479. The second kappa shape index (κ2) is 6.90. The number of nitrogens with zero attached hydrogens (tertiary/aromatic N) is 2. The summed E-state index contributed by atoms with van der Waals surface area (Å²) in [7, 11) is 0. The lowest BCUT2D eigenvalue weighted by atomic mass is 10.2. The van der Waals surface area contributed by atoms with Crippen LogP contribution in [0.1, 0.15) is 41.5 Å². The average molecular weight is 316 g/mol. The van der Waals surface area contributed by atoms with Gasteiger partial charge in [-0.15, -0.1) is 11.8 Å². The SMILES string of the molecule is CC(C)(C)OC(=O)N1CCN(C(=O)CSC(C)(C)C)CC1. The molecule has 5 nitrogen and oxygen atoms in total. The third-order valence-electron chi connectivity index (χ3n) is 2.91. The minimum Gasteiger partial charge on any atom is -0.444 e. The van der Waals surface area contributed by atoms with Gasteiger partial charge in [0.15, 0.2) is 0 Å². The van der Waals surface area contributed by atoms with Gasteiger partial charge in [0.05, 0.1) is 5.75 Å². The summed E-state index contributed by atoms with van der Waals surface area (Å²) >= 11 is 1.65. The van der Waals surface area contributed by atoms with E-state index in [-0.39, 0.29) is 16.7 Å². The van der Waals surface area contributed by atoms with Gasteiger partial charge in [-0.1, -0.05) is 20.8 Å². The lowest BCUT2D eigenvalue weighted by molar-refractivity contribution is -0.130. The lowest BCUT2D eigenvalue weighted by Gasteiger charge is -2.35. The van der Waals surface area contributed by atoms with E-state index in [9.17, 15) is 9.59 Å². The summed E-state index contributed by atoms with van der Waals surface area (Å²) in [5, 5.41) is 0. The van der Waals surface area contributed by atoms with E-state index >= 15 is 0 Å². The molecule has 21 heavy (non-hydrogen) atoms. The third-order valence-corrected chi connectivity index (χ3v) is 4.17. The molecule has 0 saturated carbocycles. The highest BCUT2D eigenvalue weighted by Gasteiger charge is 2.28. The Hall–Kier alpha value is -0.910. The topological polar surface area (TPSA) is 49.9 Å². The number of carbonyl (C=O) groups is 2. The number of amides is 2. The molecule has 0 radical (unpaired) electrons. The van der Waals surface area contributed by atoms with Crippen LogP contribution in [0.3, 0.4) is 0 Å². The van der Waals surface area contributed by atoms with Crippen LogP contribution in [-0.2, 0) is 9.53 Å². The molecule has 6 heteroatoms. The second-order valence-electron chi connectivity index (χ2n) is 7.25. The lowest BCUT2D eigenvalue weighted by Crippen LogP contribution is -2.52. The first kappa shape index (κ1) is 18.1. The van der Waals surface area contributed by atoms with E-state index in [1.807, 2.05) is 25.7 Å². The summed E-state index contributed by atoms with van der Waals surface area (Å²) in [6, 6.07) is 0. The third kappa shape index (κ3) is 7.07. The van der Waals surface area contributed by atoms with E-state index in [1.165, 1.54) is 0 Å². The van der Waals surface area contributed by atoms with Crippen molar-refractivity contribution in [2.24, 2.45) is 0 Å². The van der Waals surface area contributed by atoms with Crippen LogP contribution in [0, 0.1) is 0 Å². The first-order valence-corrected chi connectivity index (χ1v) is 8.36. The van der Waals surface area contributed by atoms with Gasteiger partial charge in [0.1, 0.15) is 5.60 Å². The average Bonchev–Trinajstić information content (AvgIpc) is 2.33. The van der Waals surface area contributed by atoms with Gasteiger partial charge in [-0.25, -0.2) is 4.79 Å². The quantitative estimate of drug-likeness (QED) is 0.786. The molecule has 0 N–H and O–H groups in total. The molecule has 0 unspecified atom stereocenters. The van der Waals surface area contributed by atoms with Crippen LogP contribution in [0.5, 0.6) is 0 Å². The van der Waals surface area contributed by atoms with Crippen molar-refractivity contribution in [1.82, 2.24) is 9.80 Å². The zero-order valence-electron chi connectivity index (χ0n) is 14.1. The summed E-state index contributed by atoms with van der Waals surface area (Å²) in [5.74, 6) is 0.648. The number of ether oxygens (including phenoxy) is 1. The molecule has 122 valence electrons. The van der Waals surface area contributed by atoms with Crippen LogP contribution in [-0.4, -0.2) is 64.1 Å². The molecule has 1 aliphatic heterocycles. The van der Waals surface area contributed by atoms with Gasteiger partial charge in [0, 0.05) is 30.9 Å². The number of carbonyl (C=O) groups excluding carboxylic acids is 2. The largest absolute Gasteiger partial charge is 0.444 e. The van der Waals surface area contributed by atoms with Crippen molar-refractivity contribution in [3.05, 3.63) is 0 Å². The molecule has 1 fully saturated rings. The van der Waals surface area contributed by atoms with Gasteiger partial charge in [0.2, 0.25) is 5.91 Å². The summed E-state index contributed by atoms with van der Waals surface area (Å²) in [4.78, 5) is 27.6.